The Bertz CT molecular complexity index is 759. The van der Waals surface area contributed by atoms with E-state index in [9.17, 15) is 16.8 Å². The third kappa shape index (κ3) is 8.53. The zero-order chi connectivity index (χ0) is 13.6. The van der Waals surface area contributed by atoms with Crippen molar-refractivity contribution in [3.8, 4) is 0 Å². The third-order valence-corrected chi connectivity index (χ3v) is 4.22. The number of hydrogen-bond donors (Lipinski definition) is 2. The fourth-order valence-corrected chi connectivity index (χ4v) is 3.12. The van der Waals surface area contributed by atoms with Gasteiger partial charge in [0.25, 0.3) is 20.2 Å². The first-order valence-electron chi connectivity index (χ1n) is 4.68. The van der Waals surface area contributed by atoms with Crippen molar-refractivity contribution in [2.75, 3.05) is 0 Å². The van der Waals surface area contributed by atoms with Gasteiger partial charge in [-0.25, -0.2) is 0 Å². The molecule has 0 amide bonds. The Morgan fingerprint density at radius 2 is 0.731 bits per heavy atom. The second-order valence-corrected chi connectivity index (χ2v) is 6.34. The lowest BCUT2D eigenvalue weighted by Crippen LogP contribution is -2.02. The van der Waals surface area contributed by atoms with Crippen LogP contribution in [0.5, 0.6) is 0 Å². The minimum Gasteiger partial charge on any atom is -0.412 e. The van der Waals surface area contributed by atoms with Gasteiger partial charge in [0.1, 0.15) is 9.79 Å². The van der Waals surface area contributed by atoms with Crippen molar-refractivity contribution in [3.05, 3.63) is 36.4 Å². The van der Waals surface area contributed by atoms with Crippen molar-refractivity contribution in [3.63, 3.8) is 0 Å². The minimum absolute atomic E-state index is 0. The van der Waals surface area contributed by atoms with Crippen LogP contribution in [0.1, 0.15) is 0 Å². The summed E-state index contributed by atoms with van der Waals surface area (Å²) in [6.45, 7) is 0. The molecule has 0 heterocycles. The highest BCUT2D eigenvalue weighted by molar-refractivity contribution is 7.86. The van der Waals surface area contributed by atoms with E-state index < -0.39 is 30.0 Å². The Morgan fingerprint density at radius 1 is 0.500 bits per heavy atom. The van der Waals surface area contributed by atoms with Crippen LogP contribution < -0.4 is 0 Å². The van der Waals surface area contributed by atoms with Crippen molar-refractivity contribution in [2.24, 2.45) is 0 Å². The maximum atomic E-state index is 11.2. The van der Waals surface area contributed by atoms with E-state index in [2.05, 4.69) is 0 Å². The average molecular weight is 432 g/mol. The topological polar surface area (TPSA) is 361 Å². The van der Waals surface area contributed by atoms with Crippen LogP contribution in [-0.4, -0.2) is 69.8 Å². The predicted molar refractivity (Wildman–Crippen MR) is 92.5 cm³/mol. The van der Waals surface area contributed by atoms with Gasteiger partial charge in [-0.15, -0.1) is 0 Å². The number of benzene rings is 2. The molecule has 0 radical (unpaired) electrons. The summed E-state index contributed by atoms with van der Waals surface area (Å²) in [4.78, 5) is -0.823. The van der Waals surface area contributed by atoms with Gasteiger partial charge in [0.2, 0.25) is 0 Å². The molecular formula is C10H24O14S2. The number of rotatable bonds is 2. The first kappa shape index (κ1) is 44.0. The largest absolute Gasteiger partial charge is 0.412 e. The summed E-state index contributed by atoms with van der Waals surface area (Å²) in [6.07, 6.45) is 0. The van der Waals surface area contributed by atoms with Gasteiger partial charge in [-0.2, -0.15) is 16.8 Å². The van der Waals surface area contributed by atoms with Crippen molar-refractivity contribution in [1.29, 1.82) is 0 Å². The first-order valence-corrected chi connectivity index (χ1v) is 7.56. The quantitative estimate of drug-likeness (QED) is 0.435. The molecule has 2 aromatic carbocycles. The van der Waals surface area contributed by atoms with Crippen LogP contribution in [0, 0.1) is 0 Å². The lowest BCUT2D eigenvalue weighted by atomic mass is 10.1. The Balaban J connectivity index is -0.0000000902. The molecule has 0 atom stereocenters. The molecule has 0 bridgehead atoms. The fourth-order valence-electron chi connectivity index (χ4n) is 1.70. The minimum atomic E-state index is -4.47. The molecule has 0 fully saturated rings. The summed E-state index contributed by atoms with van der Waals surface area (Å²) < 4.78 is 62.7. The van der Waals surface area contributed by atoms with Crippen LogP contribution in [0.3, 0.4) is 0 Å². The van der Waals surface area contributed by atoms with E-state index in [0.29, 0.717) is 0 Å². The van der Waals surface area contributed by atoms with E-state index in [0.717, 1.165) is 12.1 Å². The number of hydrogen-bond acceptors (Lipinski definition) is 4. The molecule has 0 aliphatic heterocycles. The predicted octanol–water partition coefficient (Wildman–Crippen LogP) is -5.26. The van der Waals surface area contributed by atoms with Crippen LogP contribution in [-0.2, 0) is 20.2 Å². The van der Waals surface area contributed by atoms with Crippen molar-refractivity contribution in [1.82, 2.24) is 0 Å². The summed E-state index contributed by atoms with van der Waals surface area (Å²) in [5.41, 5.74) is 0. The van der Waals surface area contributed by atoms with Gasteiger partial charge in [-0.1, -0.05) is 24.3 Å². The zero-order valence-electron chi connectivity index (χ0n) is 12.8. The molecule has 0 spiro atoms. The van der Waals surface area contributed by atoms with E-state index in [1.54, 1.807) is 0 Å². The van der Waals surface area contributed by atoms with Gasteiger partial charge >= 0.3 is 0 Å². The van der Waals surface area contributed by atoms with Crippen LogP contribution in [0.25, 0.3) is 10.8 Å². The smallest absolute Gasteiger partial charge is 0.295 e. The summed E-state index contributed by atoms with van der Waals surface area (Å²) in [6, 6.07) is 7.53. The maximum absolute atomic E-state index is 11.2. The average Bonchev–Trinajstić information content (AvgIpc) is 2.24. The monoisotopic (exact) mass is 432 g/mol. The molecule has 26 heavy (non-hydrogen) atoms. The SMILES string of the molecule is O.O.O.O.O.O.O.O.O=S(=O)(O)c1cccc2c(S(=O)(=O)O)cccc12. The van der Waals surface area contributed by atoms with Crippen LogP contribution >= 0.6 is 0 Å². The summed E-state index contributed by atoms with van der Waals surface area (Å²) in [5.74, 6) is 0. The van der Waals surface area contributed by atoms with Crippen molar-refractivity contribution < 1.29 is 69.8 Å². The molecule has 2 aromatic rings. The van der Waals surface area contributed by atoms with Gasteiger partial charge in [0.05, 0.1) is 0 Å². The molecule has 0 aromatic heterocycles. The zero-order valence-corrected chi connectivity index (χ0v) is 14.4. The molecule has 16 heteroatoms. The van der Waals surface area contributed by atoms with E-state index in [-0.39, 0.29) is 54.6 Å². The molecule has 2 rings (SSSR count). The molecule has 0 aliphatic rings. The Labute approximate surface area is 147 Å². The molecule has 0 saturated heterocycles. The lowest BCUT2D eigenvalue weighted by molar-refractivity contribution is 0.481. The van der Waals surface area contributed by atoms with Gasteiger partial charge in [-0.05, 0) is 12.1 Å². The van der Waals surface area contributed by atoms with Crippen molar-refractivity contribution in [2.45, 2.75) is 9.79 Å². The van der Waals surface area contributed by atoms with Gasteiger partial charge < -0.3 is 43.8 Å². The summed E-state index contributed by atoms with van der Waals surface area (Å²) in [7, 11) is -8.94. The van der Waals surface area contributed by atoms with E-state index in [1.165, 1.54) is 24.3 Å². The lowest BCUT2D eigenvalue weighted by Gasteiger charge is -2.06. The molecule has 14 nitrogen and oxygen atoms in total. The Hall–Kier alpha value is -1.80. The maximum Gasteiger partial charge on any atom is 0.295 e. The number of fused-ring (bicyclic) bond motifs is 1. The van der Waals surface area contributed by atoms with E-state index in [4.69, 9.17) is 9.11 Å². The van der Waals surface area contributed by atoms with E-state index >= 15 is 0 Å². The fraction of sp³-hybridized carbons (Fsp3) is 0. The second-order valence-electron chi connectivity index (χ2n) is 3.56. The normalized spacial score (nSPS) is 8.85. The molecule has 160 valence electrons. The van der Waals surface area contributed by atoms with Gasteiger partial charge in [0.15, 0.2) is 0 Å². The van der Waals surface area contributed by atoms with E-state index in [1.807, 2.05) is 0 Å². The van der Waals surface area contributed by atoms with Crippen LogP contribution in [0.4, 0.5) is 0 Å². The Kier molecular flexibility index (Phi) is 24.3. The second kappa shape index (κ2) is 14.4. The Morgan fingerprint density at radius 3 is 0.923 bits per heavy atom. The standard InChI is InChI=1S/C10H8O6S2.8H2O/c11-17(12,13)9-5-1-3-7-8(9)4-2-6-10(7)18(14,15)16;;;;;;;;/h1-6H,(H,11,12,13)(H,14,15,16);8*1H2. The van der Waals surface area contributed by atoms with Crippen LogP contribution in [0.2, 0.25) is 0 Å². The third-order valence-electron chi connectivity index (χ3n) is 2.40. The first-order chi connectivity index (χ1) is 8.21. The van der Waals surface area contributed by atoms with Gasteiger partial charge in [-0.3, -0.25) is 9.11 Å². The highest BCUT2D eigenvalue weighted by Gasteiger charge is 2.18. The van der Waals surface area contributed by atoms with Crippen molar-refractivity contribution >= 4 is 31.0 Å². The summed E-state index contributed by atoms with van der Waals surface area (Å²) in [5, 5.41) is 0.0465. The van der Waals surface area contributed by atoms with Crippen LogP contribution in [0.15, 0.2) is 46.2 Å². The molecule has 0 aliphatic carbocycles. The molecule has 0 unspecified atom stereocenters. The highest BCUT2D eigenvalue weighted by Crippen LogP contribution is 2.27. The molecule has 0 saturated carbocycles. The van der Waals surface area contributed by atoms with Gasteiger partial charge in [0, 0.05) is 10.8 Å². The summed E-state index contributed by atoms with van der Waals surface area (Å²) >= 11 is 0. The highest BCUT2D eigenvalue weighted by atomic mass is 32.2. The molecule has 18 N–H and O–H groups in total. The molecular weight excluding hydrogens is 408 g/mol.